The topological polar surface area (TPSA) is 39.1 Å². The van der Waals surface area contributed by atoms with E-state index in [0.717, 1.165) is 30.0 Å². The summed E-state index contributed by atoms with van der Waals surface area (Å²) in [5.74, 6) is 0.881. The molecule has 2 aromatic carbocycles. The van der Waals surface area contributed by atoms with Gasteiger partial charge in [-0.3, -0.25) is 0 Å². The Morgan fingerprint density at radius 3 is 2.90 bits per heavy atom. The molecule has 0 spiro atoms. The highest BCUT2D eigenvalue weighted by molar-refractivity contribution is 5.79. The molecule has 0 bridgehead atoms. The third-order valence-corrected chi connectivity index (χ3v) is 3.59. The first kappa shape index (κ1) is 13.5. The zero-order valence-corrected chi connectivity index (χ0v) is 12.3. The van der Waals surface area contributed by atoms with Crippen LogP contribution in [0.2, 0.25) is 0 Å². The molecule has 1 N–H and O–H groups in total. The molecule has 4 heteroatoms. The van der Waals surface area contributed by atoms with Crippen LogP contribution in [0.25, 0.3) is 11.0 Å². The van der Waals surface area contributed by atoms with Gasteiger partial charge in [0.2, 0.25) is 0 Å². The third-order valence-electron chi connectivity index (χ3n) is 3.59. The number of hydrogen-bond donors (Lipinski definition) is 1. The summed E-state index contributed by atoms with van der Waals surface area (Å²) in [6, 6.07) is 14.4. The zero-order chi connectivity index (χ0) is 14.7. The van der Waals surface area contributed by atoms with Gasteiger partial charge in [0.25, 0.3) is 0 Å². The molecule has 0 aliphatic carbocycles. The van der Waals surface area contributed by atoms with Crippen LogP contribution in [0.5, 0.6) is 5.75 Å². The Hall–Kier alpha value is -2.49. The van der Waals surface area contributed by atoms with Crippen molar-refractivity contribution in [3.63, 3.8) is 0 Å². The summed E-state index contributed by atoms with van der Waals surface area (Å²) in [4.78, 5) is 4.44. The fraction of sp³-hybridized carbons (Fsp3) is 0.235. The number of aromatic nitrogens is 2. The second-order valence-corrected chi connectivity index (χ2v) is 4.94. The molecular formula is C17H19N3O. The molecule has 0 radical (unpaired) electrons. The Morgan fingerprint density at radius 1 is 1.19 bits per heavy atom. The number of aryl methyl sites for hydroxylation is 1. The van der Waals surface area contributed by atoms with Gasteiger partial charge in [0.15, 0.2) is 0 Å². The monoisotopic (exact) mass is 281 g/mol. The van der Waals surface area contributed by atoms with Gasteiger partial charge in [0, 0.05) is 18.8 Å². The van der Waals surface area contributed by atoms with E-state index in [1.807, 2.05) is 24.5 Å². The van der Waals surface area contributed by atoms with Crippen molar-refractivity contribution >= 4 is 16.7 Å². The predicted molar refractivity (Wildman–Crippen MR) is 85.7 cm³/mol. The molecule has 3 rings (SSSR count). The molecule has 21 heavy (non-hydrogen) atoms. The van der Waals surface area contributed by atoms with Crippen molar-refractivity contribution in [1.29, 1.82) is 0 Å². The standard InChI is InChI=1S/C17H19N3O/c1-3-20-12-19-16-10-14(7-8-17(16)20)18-11-13-5-4-6-15(9-13)21-2/h4-10,12,18H,3,11H2,1-2H3. The summed E-state index contributed by atoms with van der Waals surface area (Å²) in [6.45, 7) is 3.82. The van der Waals surface area contributed by atoms with Crippen LogP contribution in [0.1, 0.15) is 12.5 Å². The van der Waals surface area contributed by atoms with Gasteiger partial charge in [0.1, 0.15) is 5.75 Å². The van der Waals surface area contributed by atoms with Crippen LogP contribution in [0.3, 0.4) is 0 Å². The van der Waals surface area contributed by atoms with E-state index in [1.165, 1.54) is 11.1 Å². The molecular weight excluding hydrogens is 262 g/mol. The largest absolute Gasteiger partial charge is 0.497 e. The van der Waals surface area contributed by atoms with Crippen molar-refractivity contribution < 1.29 is 4.74 Å². The van der Waals surface area contributed by atoms with Crippen LogP contribution >= 0.6 is 0 Å². The Bertz CT molecular complexity index is 749. The van der Waals surface area contributed by atoms with E-state index in [9.17, 15) is 0 Å². The van der Waals surface area contributed by atoms with Crippen LogP contribution in [0.4, 0.5) is 5.69 Å². The van der Waals surface area contributed by atoms with Crippen LogP contribution in [-0.4, -0.2) is 16.7 Å². The van der Waals surface area contributed by atoms with Crippen LogP contribution in [0, 0.1) is 0 Å². The lowest BCUT2D eigenvalue weighted by atomic mass is 10.2. The summed E-state index contributed by atoms with van der Waals surface area (Å²) in [5, 5.41) is 3.43. The summed E-state index contributed by atoms with van der Waals surface area (Å²) in [7, 11) is 1.69. The third kappa shape index (κ3) is 2.84. The van der Waals surface area contributed by atoms with Crippen molar-refractivity contribution in [3.8, 4) is 5.75 Å². The number of ether oxygens (including phenoxy) is 1. The van der Waals surface area contributed by atoms with E-state index in [2.05, 4.69) is 46.1 Å². The number of benzene rings is 2. The minimum atomic E-state index is 0.761. The van der Waals surface area contributed by atoms with Gasteiger partial charge in [-0.25, -0.2) is 4.98 Å². The van der Waals surface area contributed by atoms with E-state index in [-0.39, 0.29) is 0 Å². The molecule has 0 fully saturated rings. The molecule has 0 atom stereocenters. The Morgan fingerprint density at radius 2 is 2.10 bits per heavy atom. The fourth-order valence-corrected chi connectivity index (χ4v) is 2.41. The average molecular weight is 281 g/mol. The molecule has 3 aromatic rings. The van der Waals surface area contributed by atoms with Gasteiger partial charge in [-0.2, -0.15) is 0 Å². The second kappa shape index (κ2) is 5.87. The number of hydrogen-bond acceptors (Lipinski definition) is 3. The maximum Gasteiger partial charge on any atom is 0.119 e. The highest BCUT2D eigenvalue weighted by Crippen LogP contribution is 2.19. The number of fused-ring (bicyclic) bond motifs is 1. The molecule has 0 amide bonds. The first-order chi connectivity index (χ1) is 10.3. The van der Waals surface area contributed by atoms with Gasteiger partial charge in [-0.05, 0) is 42.8 Å². The SMILES string of the molecule is CCn1cnc2cc(NCc3cccc(OC)c3)ccc21. The van der Waals surface area contributed by atoms with Crippen LogP contribution < -0.4 is 10.1 Å². The number of nitrogens with one attached hydrogen (secondary N) is 1. The van der Waals surface area contributed by atoms with Crippen molar-refractivity contribution in [2.24, 2.45) is 0 Å². The molecule has 0 unspecified atom stereocenters. The van der Waals surface area contributed by atoms with Gasteiger partial charge >= 0.3 is 0 Å². The van der Waals surface area contributed by atoms with Crippen molar-refractivity contribution in [2.75, 3.05) is 12.4 Å². The second-order valence-electron chi connectivity index (χ2n) is 4.94. The maximum absolute atomic E-state index is 5.24. The van der Waals surface area contributed by atoms with E-state index in [1.54, 1.807) is 7.11 Å². The molecule has 0 aliphatic rings. The Kier molecular flexibility index (Phi) is 3.77. The lowest BCUT2D eigenvalue weighted by Gasteiger charge is -2.08. The molecule has 0 saturated carbocycles. The minimum absolute atomic E-state index is 0.761. The van der Waals surface area contributed by atoms with E-state index in [0.29, 0.717) is 0 Å². The molecule has 1 aromatic heterocycles. The lowest BCUT2D eigenvalue weighted by molar-refractivity contribution is 0.414. The maximum atomic E-state index is 5.24. The molecule has 4 nitrogen and oxygen atoms in total. The quantitative estimate of drug-likeness (QED) is 0.775. The van der Waals surface area contributed by atoms with Crippen molar-refractivity contribution in [1.82, 2.24) is 9.55 Å². The summed E-state index contributed by atoms with van der Waals surface area (Å²) < 4.78 is 7.38. The highest BCUT2D eigenvalue weighted by atomic mass is 16.5. The minimum Gasteiger partial charge on any atom is -0.497 e. The molecule has 0 aliphatic heterocycles. The van der Waals surface area contributed by atoms with Crippen LogP contribution in [-0.2, 0) is 13.1 Å². The van der Waals surface area contributed by atoms with E-state index >= 15 is 0 Å². The summed E-state index contributed by atoms with van der Waals surface area (Å²) in [6.07, 6.45) is 1.89. The number of nitrogens with zero attached hydrogens (tertiary/aromatic N) is 2. The zero-order valence-electron chi connectivity index (χ0n) is 12.3. The first-order valence-electron chi connectivity index (χ1n) is 7.12. The predicted octanol–water partition coefficient (Wildman–Crippen LogP) is 3.68. The van der Waals surface area contributed by atoms with Gasteiger partial charge in [-0.1, -0.05) is 12.1 Å². The van der Waals surface area contributed by atoms with Crippen molar-refractivity contribution in [2.45, 2.75) is 20.0 Å². The van der Waals surface area contributed by atoms with E-state index in [4.69, 9.17) is 4.74 Å². The Labute approximate surface area is 124 Å². The van der Waals surface area contributed by atoms with Gasteiger partial charge in [0.05, 0.1) is 24.5 Å². The smallest absolute Gasteiger partial charge is 0.119 e. The van der Waals surface area contributed by atoms with Gasteiger partial charge < -0.3 is 14.6 Å². The van der Waals surface area contributed by atoms with Gasteiger partial charge in [-0.15, -0.1) is 0 Å². The number of anilines is 1. The van der Waals surface area contributed by atoms with Crippen molar-refractivity contribution in [3.05, 3.63) is 54.4 Å². The first-order valence-corrected chi connectivity index (χ1v) is 7.12. The molecule has 0 saturated heterocycles. The molecule has 1 heterocycles. The number of methoxy groups -OCH3 is 1. The average Bonchev–Trinajstić information content (AvgIpc) is 2.95. The lowest BCUT2D eigenvalue weighted by Crippen LogP contribution is -1.99. The Balaban J connectivity index is 1.75. The highest BCUT2D eigenvalue weighted by Gasteiger charge is 2.02. The number of rotatable bonds is 5. The fourth-order valence-electron chi connectivity index (χ4n) is 2.41. The summed E-state index contributed by atoms with van der Waals surface area (Å²) >= 11 is 0. The van der Waals surface area contributed by atoms with Crippen LogP contribution in [0.15, 0.2) is 48.8 Å². The summed E-state index contributed by atoms with van der Waals surface area (Å²) in [5.41, 5.74) is 4.46. The molecule has 108 valence electrons. The number of imidazole rings is 1. The normalized spacial score (nSPS) is 10.8. The van der Waals surface area contributed by atoms with E-state index < -0.39 is 0 Å².